The molecule has 0 unspecified atom stereocenters. The number of halogens is 5. The Hall–Kier alpha value is -1.89. The molecule has 20 heavy (non-hydrogen) atoms. The van der Waals surface area contributed by atoms with E-state index in [4.69, 9.17) is 0 Å². The highest BCUT2D eigenvalue weighted by Crippen LogP contribution is 2.27. The van der Waals surface area contributed by atoms with Gasteiger partial charge in [-0.15, -0.1) is 0 Å². The van der Waals surface area contributed by atoms with E-state index in [1.165, 1.54) is 0 Å². The second-order valence-electron chi connectivity index (χ2n) is 3.80. The van der Waals surface area contributed by atoms with Crippen molar-refractivity contribution in [1.29, 1.82) is 0 Å². The first kappa shape index (κ1) is 14.5. The van der Waals surface area contributed by atoms with Crippen LogP contribution in [-0.4, -0.2) is 5.91 Å². The predicted molar refractivity (Wildman–Crippen MR) is 68.4 cm³/mol. The van der Waals surface area contributed by atoms with Gasteiger partial charge >= 0.3 is 0 Å². The highest BCUT2D eigenvalue weighted by atomic mass is 79.9. The zero-order chi connectivity index (χ0) is 14.9. The number of hydrogen-bond acceptors (Lipinski definition) is 1. The Balaban J connectivity index is 2.36. The van der Waals surface area contributed by atoms with Crippen LogP contribution < -0.4 is 5.32 Å². The quantitative estimate of drug-likeness (QED) is 0.808. The van der Waals surface area contributed by atoms with Crippen LogP contribution in [0.3, 0.4) is 0 Å². The summed E-state index contributed by atoms with van der Waals surface area (Å²) in [6, 6.07) is 4.52. The molecule has 2 rings (SSSR count). The molecule has 0 aliphatic heterocycles. The second kappa shape index (κ2) is 5.62. The first-order valence-corrected chi connectivity index (χ1v) is 6.09. The van der Waals surface area contributed by atoms with Gasteiger partial charge in [-0.3, -0.25) is 4.79 Å². The summed E-state index contributed by atoms with van der Waals surface area (Å²) in [5.74, 6) is -5.47. The summed E-state index contributed by atoms with van der Waals surface area (Å²) >= 11 is 2.87. The fourth-order valence-corrected chi connectivity index (χ4v) is 2.03. The summed E-state index contributed by atoms with van der Waals surface area (Å²) in [6.07, 6.45) is 0. The topological polar surface area (TPSA) is 29.1 Å². The number of carbonyl (C=O) groups is 1. The van der Waals surface area contributed by atoms with Crippen molar-refractivity contribution in [2.75, 3.05) is 5.32 Å². The summed E-state index contributed by atoms with van der Waals surface area (Å²) in [6.45, 7) is 0. The number of carbonyl (C=O) groups excluding carboxylic acids is 1. The molecular formula is C13H6BrF4NO. The van der Waals surface area contributed by atoms with Crippen LogP contribution >= 0.6 is 15.9 Å². The van der Waals surface area contributed by atoms with Crippen LogP contribution in [0, 0.1) is 23.3 Å². The van der Waals surface area contributed by atoms with Gasteiger partial charge in [-0.05, 0) is 34.1 Å². The van der Waals surface area contributed by atoms with E-state index in [9.17, 15) is 22.4 Å². The van der Waals surface area contributed by atoms with Gasteiger partial charge in [0, 0.05) is 10.5 Å². The molecule has 2 nitrogen and oxygen atoms in total. The van der Waals surface area contributed by atoms with Crippen LogP contribution in [0.25, 0.3) is 0 Å². The van der Waals surface area contributed by atoms with Gasteiger partial charge in [-0.1, -0.05) is 6.07 Å². The van der Waals surface area contributed by atoms with E-state index in [1.54, 1.807) is 0 Å². The Kier molecular flexibility index (Phi) is 4.08. The van der Waals surface area contributed by atoms with E-state index in [2.05, 4.69) is 21.2 Å². The molecule has 0 radical (unpaired) electrons. The Labute approximate surface area is 119 Å². The molecule has 0 spiro atoms. The highest BCUT2D eigenvalue weighted by Gasteiger charge is 2.18. The van der Waals surface area contributed by atoms with Gasteiger partial charge in [0.2, 0.25) is 0 Å². The lowest BCUT2D eigenvalue weighted by molar-refractivity contribution is 0.102. The summed E-state index contributed by atoms with van der Waals surface area (Å²) in [4.78, 5) is 11.8. The van der Waals surface area contributed by atoms with Crippen molar-refractivity contribution in [2.45, 2.75) is 0 Å². The standard InChI is InChI=1S/C13H6BrF4NO/c14-8-4-6(15)5-10(17)12(8)19-13(20)7-2-1-3-9(16)11(7)18/h1-5H,(H,19,20). The zero-order valence-corrected chi connectivity index (χ0v) is 11.3. The van der Waals surface area contributed by atoms with Gasteiger partial charge in [0.1, 0.15) is 5.82 Å². The third-order valence-corrected chi connectivity index (χ3v) is 3.07. The molecule has 0 heterocycles. The molecule has 104 valence electrons. The van der Waals surface area contributed by atoms with Gasteiger partial charge in [-0.2, -0.15) is 0 Å². The number of nitrogens with one attached hydrogen (secondary N) is 1. The predicted octanol–water partition coefficient (Wildman–Crippen LogP) is 4.26. The minimum absolute atomic E-state index is 0.0554. The lowest BCUT2D eigenvalue weighted by Gasteiger charge is -2.09. The van der Waals surface area contributed by atoms with Crippen LogP contribution in [-0.2, 0) is 0 Å². The first-order valence-electron chi connectivity index (χ1n) is 5.30. The van der Waals surface area contributed by atoms with E-state index in [0.29, 0.717) is 6.07 Å². The Morgan fingerprint density at radius 1 is 1.05 bits per heavy atom. The highest BCUT2D eigenvalue weighted by molar-refractivity contribution is 9.10. The minimum atomic E-state index is -1.34. The third-order valence-electron chi connectivity index (χ3n) is 2.44. The van der Waals surface area contributed by atoms with E-state index >= 15 is 0 Å². The lowest BCUT2D eigenvalue weighted by Crippen LogP contribution is -2.16. The Morgan fingerprint density at radius 2 is 1.75 bits per heavy atom. The van der Waals surface area contributed by atoms with Crippen molar-refractivity contribution in [2.24, 2.45) is 0 Å². The number of anilines is 1. The summed E-state index contributed by atoms with van der Waals surface area (Å²) in [5.41, 5.74) is -0.944. The molecule has 1 N–H and O–H groups in total. The molecule has 2 aromatic carbocycles. The van der Waals surface area contributed by atoms with E-state index < -0.39 is 34.7 Å². The molecule has 0 saturated heterocycles. The minimum Gasteiger partial charge on any atom is -0.318 e. The van der Waals surface area contributed by atoms with E-state index in [0.717, 1.165) is 24.3 Å². The molecule has 0 bridgehead atoms. The van der Waals surface area contributed by atoms with Crippen LogP contribution in [0.15, 0.2) is 34.8 Å². The fourth-order valence-electron chi connectivity index (χ4n) is 1.52. The zero-order valence-electron chi connectivity index (χ0n) is 9.68. The number of amides is 1. The van der Waals surface area contributed by atoms with Crippen molar-refractivity contribution in [3.8, 4) is 0 Å². The molecule has 0 aliphatic rings. The SMILES string of the molecule is O=C(Nc1c(F)cc(F)cc1Br)c1cccc(F)c1F. The molecule has 0 fully saturated rings. The van der Waals surface area contributed by atoms with Crippen LogP contribution in [0.4, 0.5) is 23.2 Å². The van der Waals surface area contributed by atoms with Crippen molar-refractivity contribution < 1.29 is 22.4 Å². The first-order chi connectivity index (χ1) is 9.40. The van der Waals surface area contributed by atoms with Crippen LogP contribution in [0.2, 0.25) is 0 Å². The van der Waals surface area contributed by atoms with E-state index in [-0.39, 0.29) is 10.2 Å². The molecule has 1 amide bonds. The second-order valence-corrected chi connectivity index (χ2v) is 4.65. The molecule has 0 saturated carbocycles. The number of rotatable bonds is 2. The van der Waals surface area contributed by atoms with Crippen LogP contribution in [0.1, 0.15) is 10.4 Å². The monoisotopic (exact) mass is 347 g/mol. The number of hydrogen-bond donors (Lipinski definition) is 1. The van der Waals surface area contributed by atoms with Crippen molar-refractivity contribution in [1.82, 2.24) is 0 Å². The van der Waals surface area contributed by atoms with Gasteiger partial charge in [0.25, 0.3) is 5.91 Å². The lowest BCUT2D eigenvalue weighted by atomic mass is 10.2. The molecule has 7 heteroatoms. The maximum Gasteiger partial charge on any atom is 0.258 e. The van der Waals surface area contributed by atoms with Crippen LogP contribution in [0.5, 0.6) is 0 Å². The van der Waals surface area contributed by atoms with Gasteiger partial charge < -0.3 is 5.32 Å². The van der Waals surface area contributed by atoms with Crippen molar-refractivity contribution >= 4 is 27.5 Å². The summed E-state index contributed by atoms with van der Waals surface area (Å²) in [7, 11) is 0. The van der Waals surface area contributed by atoms with Gasteiger partial charge in [0.15, 0.2) is 17.5 Å². The molecule has 2 aromatic rings. The number of benzene rings is 2. The molecule has 0 aliphatic carbocycles. The summed E-state index contributed by atoms with van der Waals surface area (Å²) in [5, 5.41) is 2.06. The molecule has 0 aromatic heterocycles. The molecule has 0 atom stereocenters. The Bertz CT molecular complexity index is 667. The largest absolute Gasteiger partial charge is 0.318 e. The fraction of sp³-hybridized carbons (Fsp3) is 0. The summed E-state index contributed by atoms with van der Waals surface area (Å²) < 4.78 is 52.8. The smallest absolute Gasteiger partial charge is 0.258 e. The van der Waals surface area contributed by atoms with Gasteiger partial charge in [0.05, 0.1) is 11.3 Å². The average Bonchev–Trinajstić information content (AvgIpc) is 2.36. The van der Waals surface area contributed by atoms with Gasteiger partial charge in [-0.25, -0.2) is 17.6 Å². The average molecular weight is 348 g/mol. The van der Waals surface area contributed by atoms with E-state index in [1.807, 2.05) is 0 Å². The third kappa shape index (κ3) is 2.82. The van der Waals surface area contributed by atoms with Crippen molar-refractivity contribution in [3.63, 3.8) is 0 Å². The van der Waals surface area contributed by atoms with Crippen molar-refractivity contribution in [3.05, 3.63) is 63.6 Å². The maximum atomic E-state index is 13.5. The normalized spacial score (nSPS) is 10.4. The molecular weight excluding hydrogens is 342 g/mol. The maximum absolute atomic E-state index is 13.5. The Morgan fingerprint density at radius 3 is 2.40 bits per heavy atom.